The summed E-state index contributed by atoms with van der Waals surface area (Å²) in [6.07, 6.45) is 1.04. The molecule has 21 heavy (non-hydrogen) atoms. The van der Waals surface area contributed by atoms with Gasteiger partial charge in [-0.2, -0.15) is 0 Å². The van der Waals surface area contributed by atoms with Gasteiger partial charge in [0.2, 0.25) is 5.91 Å². The van der Waals surface area contributed by atoms with Crippen molar-refractivity contribution in [3.8, 4) is 0 Å². The Labute approximate surface area is 134 Å². The quantitative estimate of drug-likeness (QED) is 0.821. The first-order valence-corrected chi connectivity index (χ1v) is 7.90. The van der Waals surface area contributed by atoms with Crippen molar-refractivity contribution in [2.24, 2.45) is 0 Å². The maximum atomic E-state index is 11.8. The van der Waals surface area contributed by atoms with E-state index >= 15 is 0 Å². The molecule has 0 radical (unpaired) electrons. The van der Waals surface area contributed by atoms with Gasteiger partial charge in [-0.25, -0.2) is 9.78 Å². The van der Waals surface area contributed by atoms with Gasteiger partial charge in [0, 0.05) is 16.3 Å². The molecule has 0 aliphatic heterocycles. The van der Waals surface area contributed by atoms with Gasteiger partial charge in [0.05, 0.1) is 6.54 Å². The second-order valence-electron chi connectivity index (χ2n) is 4.34. The zero-order valence-electron chi connectivity index (χ0n) is 11.0. The van der Waals surface area contributed by atoms with Crippen LogP contribution in [-0.4, -0.2) is 22.0 Å². The van der Waals surface area contributed by atoms with Crippen molar-refractivity contribution < 1.29 is 14.7 Å². The Balaban J connectivity index is 1.78. The number of carboxylic acids is 1. The maximum Gasteiger partial charge on any atom is 0.355 e. The summed E-state index contributed by atoms with van der Waals surface area (Å²) in [5.74, 6) is -1.14. The van der Waals surface area contributed by atoms with Gasteiger partial charge in [0.1, 0.15) is 5.01 Å². The number of aromatic carboxylic acids is 1. The fourth-order valence-corrected chi connectivity index (χ4v) is 2.86. The molecule has 0 saturated heterocycles. The van der Waals surface area contributed by atoms with E-state index in [9.17, 15) is 9.59 Å². The van der Waals surface area contributed by atoms with Crippen molar-refractivity contribution >= 4 is 39.1 Å². The first kappa shape index (κ1) is 15.7. The summed E-state index contributed by atoms with van der Waals surface area (Å²) in [5.41, 5.74) is 1.10. The molecule has 0 aliphatic rings. The number of carbonyl (C=O) groups is 2. The van der Waals surface area contributed by atoms with E-state index in [1.165, 1.54) is 16.7 Å². The number of amides is 1. The maximum absolute atomic E-state index is 11.8. The lowest BCUT2D eigenvalue weighted by molar-refractivity contribution is -0.121. The number of hydrogen-bond acceptors (Lipinski definition) is 4. The van der Waals surface area contributed by atoms with E-state index in [2.05, 4.69) is 26.2 Å². The number of carbonyl (C=O) groups excluding carboxylic acids is 1. The third-order valence-electron chi connectivity index (χ3n) is 2.74. The molecule has 0 aliphatic carbocycles. The average molecular weight is 369 g/mol. The molecule has 1 amide bonds. The fraction of sp³-hybridized carbons (Fsp3) is 0.214. The molecule has 0 fully saturated rings. The predicted molar refractivity (Wildman–Crippen MR) is 83.4 cm³/mol. The van der Waals surface area contributed by atoms with Gasteiger partial charge in [-0.05, 0) is 24.1 Å². The van der Waals surface area contributed by atoms with Crippen LogP contribution in [0.5, 0.6) is 0 Å². The van der Waals surface area contributed by atoms with Gasteiger partial charge in [0.25, 0.3) is 0 Å². The normalized spacial score (nSPS) is 10.3. The molecule has 1 aromatic heterocycles. The Hall–Kier alpha value is -1.73. The first-order valence-electron chi connectivity index (χ1n) is 6.23. The Kier molecular flexibility index (Phi) is 5.46. The summed E-state index contributed by atoms with van der Waals surface area (Å²) in [6.45, 7) is 0.259. The minimum Gasteiger partial charge on any atom is -0.476 e. The fourth-order valence-electron chi connectivity index (χ4n) is 1.70. The highest BCUT2D eigenvalue weighted by Crippen LogP contribution is 2.13. The van der Waals surface area contributed by atoms with Crippen molar-refractivity contribution in [2.75, 3.05) is 0 Å². The summed E-state index contributed by atoms with van der Waals surface area (Å²) in [5, 5.41) is 13.6. The van der Waals surface area contributed by atoms with Gasteiger partial charge >= 0.3 is 5.97 Å². The number of rotatable bonds is 6. The molecule has 0 atom stereocenters. The molecular weight excluding hydrogens is 356 g/mol. The highest BCUT2D eigenvalue weighted by molar-refractivity contribution is 9.10. The molecule has 2 rings (SSSR count). The summed E-state index contributed by atoms with van der Waals surface area (Å²) >= 11 is 4.61. The third-order valence-corrected chi connectivity index (χ3v) is 4.08. The topological polar surface area (TPSA) is 79.3 Å². The Morgan fingerprint density at radius 1 is 1.38 bits per heavy atom. The summed E-state index contributed by atoms with van der Waals surface area (Å²) < 4.78 is 0.990. The van der Waals surface area contributed by atoms with Crippen LogP contribution in [0.15, 0.2) is 34.1 Å². The highest BCUT2D eigenvalue weighted by Gasteiger charge is 2.09. The molecule has 5 nitrogen and oxygen atoms in total. The minimum absolute atomic E-state index is 0.0124. The van der Waals surface area contributed by atoms with E-state index < -0.39 is 5.97 Å². The molecule has 0 unspecified atom stereocenters. The first-order chi connectivity index (χ1) is 10.0. The SMILES string of the molecule is O=C(CCc1cccc(Br)c1)NCc1nc(C(=O)O)cs1. The van der Waals surface area contributed by atoms with Crippen LogP contribution in [0.4, 0.5) is 0 Å². The van der Waals surface area contributed by atoms with Crippen LogP contribution >= 0.6 is 27.3 Å². The van der Waals surface area contributed by atoms with Crippen molar-refractivity contribution in [2.45, 2.75) is 19.4 Å². The number of thiazole rings is 1. The number of aromatic nitrogens is 1. The number of benzene rings is 1. The van der Waals surface area contributed by atoms with Gasteiger partial charge < -0.3 is 10.4 Å². The van der Waals surface area contributed by atoms with Crippen LogP contribution in [0.2, 0.25) is 0 Å². The van der Waals surface area contributed by atoms with Crippen LogP contribution < -0.4 is 5.32 Å². The summed E-state index contributed by atoms with van der Waals surface area (Å²) in [7, 11) is 0. The lowest BCUT2D eigenvalue weighted by Gasteiger charge is -2.04. The molecule has 0 saturated carbocycles. The van der Waals surface area contributed by atoms with Gasteiger partial charge in [-0.3, -0.25) is 4.79 Å². The number of halogens is 1. The molecule has 110 valence electrons. The highest BCUT2D eigenvalue weighted by atomic mass is 79.9. The van der Waals surface area contributed by atoms with E-state index in [4.69, 9.17) is 5.11 Å². The number of nitrogens with one attached hydrogen (secondary N) is 1. The largest absolute Gasteiger partial charge is 0.476 e. The van der Waals surface area contributed by atoms with Crippen LogP contribution in [0.1, 0.15) is 27.5 Å². The van der Waals surface area contributed by atoms with Gasteiger partial charge in [0.15, 0.2) is 5.69 Å². The molecule has 1 aromatic carbocycles. The standard InChI is InChI=1S/C14H13BrN2O3S/c15-10-3-1-2-9(6-10)4-5-12(18)16-7-13-17-11(8-21-13)14(19)20/h1-3,6,8H,4-5,7H2,(H,16,18)(H,19,20). The minimum atomic E-state index is -1.06. The second-order valence-corrected chi connectivity index (χ2v) is 6.20. The van der Waals surface area contributed by atoms with Gasteiger partial charge in [-0.1, -0.05) is 28.1 Å². The van der Waals surface area contributed by atoms with E-state index in [1.54, 1.807) is 0 Å². The number of nitrogens with zero attached hydrogens (tertiary/aromatic N) is 1. The van der Waals surface area contributed by atoms with Crippen molar-refractivity contribution in [3.05, 3.63) is 50.4 Å². The monoisotopic (exact) mass is 368 g/mol. The number of carboxylic acid groups (broad SMARTS) is 1. The predicted octanol–water partition coefficient (Wildman–Crippen LogP) is 2.85. The Bertz CT molecular complexity index is 657. The Morgan fingerprint density at radius 3 is 2.86 bits per heavy atom. The average Bonchev–Trinajstić information content (AvgIpc) is 2.92. The third kappa shape index (κ3) is 4.95. The van der Waals surface area contributed by atoms with Crippen LogP contribution in [0, 0.1) is 0 Å². The smallest absolute Gasteiger partial charge is 0.355 e. The molecule has 2 N–H and O–H groups in total. The second kappa shape index (κ2) is 7.33. The lowest BCUT2D eigenvalue weighted by Crippen LogP contribution is -2.23. The number of hydrogen-bond donors (Lipinski definition) is 2. The Morgan fingerprint density at radius 2 is 2.19 bits per heavy atom. The van der Waals surface area contributed by atoms with Crippen LogP contribution in [0.25, 0.3) is 0 Å². The van der Waals surface area contributed by atoms with E-state index in [0.717, 1.165) is 10.0 Å². The van der Waals surface area contributed by atoms with E-state index in [0.29, 0.717) is 17.8 Å². The van der Waals surface area contributed by atoms with Crippen molar-refractivity contribution in [3.63, 3.8) is 0 Å². The van der Waals surface area contributed by atoms with E-state index in [-0.39, 0.29) is 18.1 Å². The van der Waals surface area contributed by atoms with E-state index in [1.807, 2.05) is 24.3 Å². The molecule has 0 bridgehead atoms. The zero-order valence-corrected chi connectivity index (χ0v) is 13.4. The van der Waals surface area contributed by atoms with Crippen LogP contribution in [0.3, 0.4) is 0 Å². The van der Waals surface area contributed by atoms with Gasteiger partial charge in [-0.15, -0.1) is 11.3 Å². The molecule has 1 heterocycles. The molecule has 2 aromatic rings. The van der Waals surface area contributed by atoms with Crippen molar-refractivity contribution in [1.29, 1.82) is 0 Å². The van der Waals surface area contributed by atoms with Crippen molar-refractivity contribution in [1.82, 2.24) is 10.3 Å². The summed E-state index contributed by atoms with van der Waals surface area (Å²) in [6, 6.07) is 7.82. The van der Waals surface area contributed by atoms with Crippen LogP contribution in [-0.2, 0) is 17.8 Å². The molecule has 0 spiro atoms. The number of aryl methyl sites for hydroxylation is 1. The molecular formula is C14H13BrN2O3S. The molecule has 7 heteroatoms. The zero-order chi connectivity index (χ0) is 15.2. The summed E-state index contributed by atoms with van der Waals surface area (Å²) in [4.78, 5) is 26.4. The lowest BCUT2D eigenvalue weighted by atomic mass is 10.1.